The summed E-state index contributed by atoms with van der Waals surface area (Å²) >= 11 is 5.94. The van der Waals surface area contributed by atoms with Crippen molar-refractivity contribution in [3.63, 3.8) is 0 Å². The molecule has 0 saturated carbocycles. The van der Waals surface area contributed by atoms with Crippen molar-refractivity contribution in [3.8, 4) is 0 Å². The normalized spacial score (nSPS) is 14.9. The number of hydrogen-bond donors (Lipinski definition) is 2. The summed E-state index contributed by atoms with van der Waals surface area (Å²) in [6, 6.07) is 8.20. The molecular weight excluding hydrogens is 210 g/mol. The Morgan fingerprint density at radius 1 is 1.47 bits per heavy atom. The van der Waals surface area contributed by atoms with Gasteiger partial charge in [-0.2, -0.15) is 0 Å². The molecule has 0 bridgehead atoms. The molecule has 0 aromatic heterocycles. The van der Waals surface area contributed by atoms with Crippen molar-refractivity contribution in [2.45, 2.75) is 32.4 Å². The average molecular weight is 228 g/mol. The standard InChI is InChI=1S/C12H18ClNO/c1-3-12(14-9(2)8-15)10-5-4-6-11(13)7-10/h4-7,9,12,14-15H,3,8H2,1-2H3/t9-,12-/m0/s1. The summed E-state index contributed by atoms with van der Waals surface area (Å²) in [5.74, 6) is 0. The first-order chi connectivity index (χ1) is 7.17. The first-order valence-corrected chi connectivity index (χ1v) is 5.67. The summed E-state index contributed by atoms with van der Waals surface area (Å²) in [7, 11) is 0. The van der Waals surface area contributed by atoms with Gasteiger partial charge in [-0.1, -0.05) is 30.7 Å². The van der Waals surface area contributed by atoms with Crippen molar-refractivity contribution in [1.29, 1.82) is 0 Å². The highest BCUT2D eigenvalue weighted by atomic mass is 35.5. The van der Waals surface area contributed by atoms with E-state index >= 15 is 0 Å². The first-order valence-electron chi connectivity index (χ1n) is 5.29. The van der Waals surface area contributed by atoms with E-state index in [-0.39, 0.29) is 18.7 Å². The third kappa shape index (κ3) is 3.82. The van der Waals surface area contributed by atoms with Gasteiger partial charge in [-0.25, -0.2) is 0 Å². The number of aliphatic hydroxyl groups excluding tert-OH is 1. The molecule has 1 aromatic rings. The highest BCUT2D eigenvalue weighted by Crippen LogP contribution is 2.20. The van der Waals surface area contributed by atoms with Crippen LogP contribution in [0, 0.1) is 0 Å². The molecule has 0 radical (unpaired) electrons. The van der Waals surface area contributed by atoms with Crippen LogP contribution < -0.4 is 5.32 Å². The zero-order valence-electron chi connectivity index (χ0n) is 9.20. The Bertz CT molecular complexity index is 303. The van der Waals surface area contributed by atoms with Crippen LogP contribution in [0.2, 0.25) is 5.02 Å². The van der Waals surface area contributed by atoms with Crippen molar-refractivity contribution in [3.05, 3.63) is 34.9 Å². The third-order valence-corrected chi connectivity index (χ3v) is 2.65. The Balaban J connectivity index is 2.73. The van der Waals surface area contributed by atoms with Crippen molar-refractivity contribution in [2.75, 3.05) is 6.61 Å². The molecule has 84 valence electrons. The molecular formula is C12H18ClNO. The Kier molecular flexibility index (Phi) is 5.09. The molecule has 0 saturated heterocycles. The number of aliphatic hydroxyl groups is 1. The molecule has 0 aliphatic rings. The lowest BCUT2D eigenvalue weighted by molar-refractivity contribution is 0.239. The fourth-order valence-corrected chi connectivity index (χ4v) is 1.77. The number of rotatable bonds is 5. The molecule has 0 amide bonds. The molecule has 0 fully saturated rings. The Hall–Kier alpha value is -0.570. The summed E-state index contributed by atoms with van der Waals surface area (Å²) in [4.78, 5) is 0. The van der Waals surface area contributed by atoms with Gasteiger partial charge in [0.2, 0.25) is 0 Å². The van der Waals surface area contributed by atoms with Gasteiger partial charge in [0.15, 0.2) is 0 Å². The van der Waals surface area contributed by atoms with E-state index in [0.717, 1.165) is 11.4 Å². The minimum atomic E-state index is 0.105. The summed E-state index contributed by atoms with van der Waals surface area (Å²) in [5, 5.41) is 13.1. The lowest BCUT2D eigenvalue weighted by atomic mass is 10.0. The summed E-state index contributed by atoms with van der Waals surface area (Å²) in [5.41, 5.74) is 1.17. The topological polar surface area (TPSA) is 32.3 Å². The van der Waals surface area contributed by atoms with Crippen LogP contribution in [0.4, 0.5) is 0 Å². The molecule has 2 atom stereocenters. The van der Waals surface area contributed by atoms with Crippen molar-refractivity contribution in [2.24, 2.45) is 0 Å². The van der Waals surface area contributed by atoms with Crippen molar-refractivity contribution in [1.82, 2.24) is 5.32 Å². The fourth-order valence-electron chi connectivity index (χ4n) is 1.57. The van der Waals surface area contributed by atoms with Crippen molar-refractivity contribution >= 4 is 11.6 Å². The van der Waals surface area contributed by atoms with Gasteiger partial charge in [0, 0.05) is 17.1 Å². The largest absolute Gasteiger partial charge is 0.395 e. The van der Waals surface area contributed by atoms with E-state index in [1.807, 2.05) is 25.1 Å². The fraction of sp³-hybridized carbons (Fsp3) is 0.500. The monoisotopic (exact) mass is 227 g/mol. The molecule has 1 aromatic carbocycles. The molecule has 2 nitrogen and oxygen atoms in total. The third-order valence-electron chi connectivity index (χ3n) is 2.42. The minimum absolute atomic E-state index is 0.105. The zero-order valence-corrected chi connectivity index (χ0v) is 9.96. The molecule has 1 rings (SSSR count). The van der Waals surface area contributed by atoms with Gasteiger partial charge in [-0.05, 0) is 31.0 Å². The maximum absolute atomic E-state index is 8.99. The Morgan fingerprint density at radius 2 is 2.20 bits per heavy atom. The minimum Gasteiger partial charge on any atom is -0.395 e. The van der Waals surface area contributed by atoms with Crippen LogP contribution in [0.3, 0.4) is 0 Å². The second kappa shape index (κ2) is 6.11. The molecule has 0 unspecified atom stereocenters. The van der Waals surface area contributed by atoms with Crippen LogP contribution in [0.1, 0.15) is 31.9 Å². The van der Waals surface area contributed by atoms with Gasteiger partial charge >= 0.3 is 0 Å². The van der Waals surface area contributed by atoms with Gasteiger partial charge in [0.25, 0.3) is 0 Å². The Morgan fingerprint density at radius 3 is 2.73 bits per heavy atom. The molecule has 3 heteroatoms. The van der Waals surface area contributed by atoms with Gasteiger partial charge in [-0.15, -0.1) is 0 Å². The van der Waals surface area contributed by atoms with Crippen molar-refractivity contribution < 1.29 is 5.11 Å². The van der Waals surface area contributed by atoms with Crippen LogP contribution in [-0.2, 0) is 0 Å². The maximum Gasteiger partial charge on any atom is 0.0582 e. The predicted octanol–water partition coefficient (Wildman–Crippen LogP) is 2.76. The summed E-state index contributed by atoms with van der Waals surface area (Å²) in [6.07, 6.45) is 0.977. The van der Waals surface area contributed by atoms with Crippen LogP contribution in [-0.4, -0.2) is 17.8 Å². The van der Waals surface area contributed by atoms with Crippen LogP contribution in [0.15, 0.2) is 24.3 Å². The summed E-state index contributed by atoms with van der Waals surface area (Å²) in [6.45, 7) is 4.23. The van der Waals surface area contributed by atoms with Gasteiger partial charge in [0.1, 0.15) is 0 Å². The van der Waals surface area contributed by atoms with Crippen LogP contribution >= 0.6 is 11.6 Å². The molecule has 0 spiro atoms. The molecule has 2 N–H and O–H groups in total. The van der Waals surface area contributed by atoms with Gasteiger partial charge in [0.05, 0.1) is 6.61 Å². The smallest absolute Gasteiger partial charge is 0.0582 e. The number of halogens is 1. The highest BCUT2D eigenvalue weighted by molar-refractivity contribution is 6.30. The van der Waals surface area contributed by atoms with E-state index in [2.05, 4.69) is 18.3 Å². The zero-order chi connectivity index (χ0) is 11.3. The summed E-state index contributed by atoms with van der Waals surface area (Å²) < 4.78 is 0. The molecule has 0 aliphatic carbocycles. The molecule has 15 heavy (non-hydrogen) atoms. The van der Waals surface area contributed by atoms with E-state index in [4.69, 9.17) is 16.7 Å². The highest BCUT2D eigenvalue weighted by Gasteiger charge is 2.11. The van der Waals surface area contributed by atoms with Crippen LogP contribution in [0.5, 0.6) is 0 Å². The van der Waals surface area contributed by atoms with E-state index < -0.39 is 0 Å². The maximum atomic E-state index is 8.99. The second-order valence-electron chi connectivity index (χ2n) is 3.77. The quantitative estimate of drug-likeness (QED) is 0.811. The Labute approximate surface area is 96.3 Å². The SMILES string of the molecule is CC[C@H](N[C@@H](C)CO)c1cccc(Cl)c1. The van der Waals surface area contributed by atoms with E-state index in [1.54, 1.807) is 0 Å². The lowest BCUT2D eigenvalue weighted by Gasteiger charge is -2.21. The van der Waals surface area contributed by atoms with E-state index in [1.165, 1.54) is 5.56 Å². The molecule has 0 heterocycles. The second-order valence-corrected chi connectivity index (χ2v) is 4.20. The van der Waals surface area contributed by atoms with E-state index in [0.29, 0.717) is 0 Å². The van der Waals surface area contributed by atoms with Gasteiger partial charge < -0.3 is 10.4 Å². The number of benzene rings is 1. The van der Waals surface area contributed by atoms with E-state index in [9.17, 15) is 0 Å². The first kappa shape index (κ1) is 12.5. The predicted molar refractivity (Wildman–Crippen MR) is 64.2 cm³/mol. The molecule has 0 aliphatic heterocycles. The van der Waals surface area contributed by atoms with Gasteiger partial charge in [-0.3, -0.25) is 0 Å². The van der Waals surface area contributed by atoms with Crippen LogP contribution in [0.25, 0.3) is 0 Å². The average Bonchev–Trinajstić information content (AvgIpc) is 2.25. The lowest BCUT2D eigenvalue weighted by Crippen LogP contribution is -2.32. The number of hydrogen-bond acceptors (Lipinski definition) is 2. The number of nitrogens with one attached hydrogen (secondary N) is 1.